The van der Waals surface area contributed by atoms with Crippen molar-refractivity contribution in [3.63, 3.8) is 0 Å². The van der Waals surface area contributed by atoms with Gasteiger partial charge in [0.05, 0.1) is 11.4 Å². The highest BCUT2D eigenvalue weighted by Gasteiger charge is 2.21. The minimum Gasteiger partial charge on any atom is -0.384 e. The number of hydrogen-bond acceptors (Lipinski definition) is 6. The highest BCUT2D eigenvalue weighted by molar-refractivity contribution is 7.99. The molecule has 2 heterocycles. The molecule has 0 fully saturated rings. The summed E-state index contributed by atoms with van der Waals surface area (Å²) in [6.07, 6.45) is 3.40. The second-order valence-corrected chi connectivity index (χ2v) is 8.55. The van der Waals surface area contributed by atoms with Crippen LogP contribution in [0, 0.1) is 12.8 Å². The fraction of sp³-hybridized carbons (Fsp3) is 0.300. The molecule has 3 aromatic rings. The van der Waals surface area contributed by atoms with Crippen molar-refractivity contribution in [3.8, 4) is 5.69 Å². The molecule has 10 heteroatoms. The molecule has 3 N–H and O–H groups in total. The zero-order valence-electron chi connectivity index (χ0n) is 16.8. The molecule has 30 heavy (non-hydrogen) atoms. The molecule has 2 aromatic heterocycles. The molecule has 1 aromatic carbocycles. The molecule has 0 saturated heterocycles. The lowest BCUT2D eigenvalue weighted by Crippen LogP contribution is -2.37. The van der Waals surface area contributed by atoms with Crippen LogP contribution in [0.5, 0.6) is 0 Å². The SMILES string of the molecule is Cc1c(Cl)cccc1-n1ccnc1SCC(=O)c1c(N)n(CC(C)C)c(=O)[nH]c1=O. The highest BCUT2D eigenvalue weighted by atomic mass is 35.5. The number of aromatic amines is 1. The molecule has 8 nitrogen and oxygen atoms in total. The predicted octanol–water partition coefficient (Wildman–Crippen LogP) is 2.90. The number of hydrogen-bond donors (Lipinski definition) is 2. The van der Waals surface area contributed by atoms with E-state index >= 15 is 0 Å². The number of ketones is 1. The van der Waals surface area contributed by atoms with E-state index in [4.69, 9.17) is 17.3 Å². The average Bonchev–Trinajstić information content (AvgIpc) is 3.13. The van der Waals surface area contributed by atoms with E-state index in [9.17, 15) is 14.4 Å². The van der Waals surface area contributed by atoms with E-state index in [1.165, 1.54) is 16.3 Å². The first-order chi connectivity index (χ1) is 14.2. The Morgan fingerprint density at radius 2 is 2.07 bits per heavy atom. The zero-order chi connectivity index (χ0) is 22.0. The molecule has 0 spiro atoms. The van der Waals surface area contributed by atoms with E-state index in [-0.39, 0.29) is 23.1 Å². The van der Waals surface area contributed by atoms with Gasteiger partial charge in [-0.1, -0.05) is 43.3 Å². The van der Waals surface area contributed by atoms with Gasteiger partial charge < -0.3 is 5.73 Å². The lowest BCUT2D eigenvalue weighted by Gasteiger charge is -2.14. The van der Waals surface area contributed by atoms with Gasteiger partial charge >= 0.3 is 5.69 Å². The summed E-state index contributed by atoms with van der Waals surface area (Å²) in [6.45, 7) is 6.01. The number of imidazole rings is 1. The van der Waals surface area contributed by atoms with Crippen LogP contribution in [0.4, 0.5) is 5.82 Å². The normalized spacial score (nSPS) is 11.2. The Bertz CT molecular complexity index is 1210. The minimum atomic E-state index is -0.780. The molecule has 0 unspecified atom stereocenters. The molecular formula is C20H22ClN5O3S. The van der Waals surface area contributed by atoms with Crippen LogP contribution in [0.3, 0.4) is 0 Å². The monoisotopic (exact) mass is 447 g/mol. The van der Waals surface area contributed by atoms with Gasteiger partial charge in [-0.2, -0.15) is 0 Å². The van der Waals surface area contributed by atoms with Crippen molar-refractivity contribution in [2.75, 3.05) is 11.5 Å². The Morgan fingerprint density at radius 3 is 2.77 bits per heavy atom. The molecule has 0 aliphatic heterocycles. The molecule has 0 atom stereocenters. The van der Waals surface area contributed by atoms with Gasteiger partial charge in [0.25, 0.3) is 5.56 Å². The number of H-pyrrole nitrogens is 1. The summed E-state index contributed by atoms with van der Waals surface area (Å²) in [4.78, 5) is 43.6. The smallest absolute Gasteiger partial charge is 0.329 e. The van der Waals surface area contributed by atoms with E-state index in [0.29, 0.717) is 16.7 Å². The number of Topliss-reactive ketones (excluding diaryl/α,β-unsaturated/α-hetero) is 1. The predicted molar refractivity (Wildman–Crippen MR) is 119 cm³/mol. The van der Waals surface area contributed by atoms with Gasteiger partial charge in [0.15, 0.2) is 10.9 Å². The third-order valence-corrected chi connectivity index (χ3v) is 5.88. The minimum absolute atomic E-state index is 0.0657. The van der Waals surface area contributed by atoms with Crippen LogP contribution >= 0.6 is 23.4 Å². The third kappa shape index (κ3) is 4.36. The van der Waals surface area contributed by atoms with Gasteiger partial charge in [0.2, 0.25) is 0 Å². The van der Waals surface area contributed by atoms with E-state index < -0.39 is 17.0 Å². The Labute approximate surface area is 182 Å². The maximum Gasteiger partial charge on any atom is 0.329 e. The van der Waals surface area contributed by atoms with Crippen molar-refractivity contribution in [3.05, 3.63) is 67.6 Å². The Morgan fingerprint density at radius 1 is 1.33 bits per heavy atom. The topological polar surface area (TPSA) is 116 Å². The van der Waals surface area contributed by atoms with E-state index in [2.05, 4.69) is 9.97 Å². The van der Waals surface area contributed by atoms with Crippen molar-refractivity contribution in [1.29, 1.82) is 0 Å². The number of halogens is 1. The zero-order valence-corrected chi connectivity index (χ0v) is 18.4. The molecule has 0 saturated carbocycles. The van der Waals surface area contributed by atoms with Gasteiger partial charge in [0.1, 0.15) is 11.4 Å². The lowest BCUT2D eigenvalue weighted by molar-refractivity contribution is 0.102. The molecule has 158 valence electrons. The molecule has 0 amide bonds. The number of aromatic nitrogens is 4. The lowest BCUT2D eigenvalue weighted by atomic mass is 10.2. The summed E-state index contributed by atoms with van der Waals surface area (Å²) in [5.41, 5.74) is 6.13. The first kappa shape index (κ1) is 21.9. The molecule has 0 bridgehead atoms. The fourth-order valence-electron chi connectivity index (χ4n) is 3.04. The summed E-state index contributed by atoms with van der Waals surface area (Å²) in [5, 5.41) is 1.19. The number of benzene rings is 1. The molecule has 3 rings (SSSR count). The second-order valence-electron chi connectivity index (χ2n) is 7.20. The maximum atomic E-state index is 12.8. The number of nitrogens with one attached hydrogen (secondary N) is 1. The standard InChI is InChI=1S/C20H22ClN5O3S/c1-11(2)9-26-17(22)16(18(28)24-19(26)29)15(27)10-30-20-23-7-8-25(20)14-6-4-5-13(21)12(14)3/h4-8,11H,9-10,22H2,1-3H3,(H,24,28,29). The van der Waals surface area contributed by atoms with Crippen LogP contribution in [0.15, 0.2) is 45.3 Å². The molecular weight excluding hydrogens is 426 g/mol. The Hall–Kier alpha value is -2.78. The van der Waals surface area contributed by atoms with Crippen LogP contribution in [-0.2, 0) is 6.54 Å². The van der Waals surface area contributed by atoms with Gasteiger partial charge in [-0.25, -0.2) is 9.78 Å². The van der Waals surface area contributed by atoms with Crippen LogP contribution in [0.2, 0.25) is 5.02 Å². The number of thioether (sulfide) groups is 1. The van der Waals surface area contributed by atoms with E-state index in [1.807, 2.05) is 37.5 Å². The molecule has 0 radical (unpaired) electrons. The van der Waals surface area contributed by atoms with Crippen LogP contribution < -0.4 is 17.0 Å². The van der Waals surface area contributed by atoms with E-state index in [0.717, 1.165) is 11.3 Å². The summed E-state index contributed by atoms with van der Waals surface area (Å²) >= 11 is 7.39. The number of nitrogens with two attached hydrogens (primary N) is 1. The van der Waals surface area contributed by atoms with Crippen LogP contribution in [0.25, 0.3) is 5.69 Å². The maximum absolute atomic E-state index is 12.8. The van der Waals surface area contributed by atoms with Crippen molar-refractivity contribution in [2.24, 2.45) is 5.92 Å². The van der Waals surface area contributed by atoms with Crippen molar-refractivity contribution < 1.29 is 4.79 Å². The Kier molecular flexibility index (Phi) is 6.52. The van der Waals surface area contributed by atoms with E-state index in [1.54, 1.807) is 18.5 Å². The summed E-state index contributed by atoms with van der Waals surface area (Å²) in [6, 6.07) is 5.54. The first-order valence-electron chi connectivity index (χ1n) is 9.28. The van der Waals surface area contributed by atoms with Crippen LogP contribution in [-0.4, -0.2) is 30.6 Å². The Balaban J connectivity index is 1.88. The summed E-state index contributed by atoms with van der Waals surface area (Å²) < 4.78 is 3.05. The van der Waals surface area contributed by atoms with Gasteiger partial charge in [-0.15, -0.1) is 0 Å². The van der Waals surface area contributed by atoms with Crippen molar-refractivity contribution >= 4 is 35.0 Å². The largest absolute Gasteiger partial charge is 0.384 e. The highest BCUT2D eigenvalue weighted by Crippen LogP contribution is 2.27. The summed E-state index contributed by atoms with van der Waals surface area (Å²) in [7, 11) is 0. The first-order valence-corrected chi connectivity index (χ1v) is 10.6. The van der Waals surface area contributed by atoms with Gasteiger partial charge in [-0.3, -0.25) is 23.7 Å². The number of rotatable bonds is 7. The van der Waals surface area contributed by atoms with Crippen molar-refractivity contribution in [2.45, 2.75) is 32.5 Å². The third-order valence-electron chi connectivity index (χ3n) is 4.50. The fourth-order valence-corrected chi connectivity index (χ4v) is 4.05. The molecule has 0 aliphatic carbocycles. The second kappa shape index (κ2) is 8.93. The van der Waals surface area contributed by atoms with Gasteiger partial charge in [0, 0.05) is 24.0 Å². The van der Waals surface area contributed by atoms with Crippen LogP contribution in [0.1, 0.15) is 29.8 Å². The quantitative estimate of drug-likeness (QED) is 0.425. The molecule has 0 aliphatic rings. The van der Waals surface area contributed by atoms with Crippen molar-refractivity contribution in [1.82, 2.24) is 19.1 Å². The average molecular weight is 448 g/mol. The number of carbonyl (C=O) groups excluding carboxylic acids is 1. The number of nitrogens with zero attached hydrogens (tertiary/aromatic N) is 3. The van der Waals surface area contributed by atoms with Gasteiger partial charge in [-0.05, 0) is 30.5 Å². The summed E-state index contributed by atoms with van der Waals surface area (Å²) in [5.74, 6) is -0.545. The number of anilines is 1. The number of carbonyl (C=O) groups is 1. The number of nitrogen functional groups attached to an aromatic ring is 1.